The van der Waals surface area contributed by atoms with Gasteiger partial charge in [-0.2, -0.15) is 0 Å². The molecule has 0 aliphatic carbocycles. The summed E-state index contributed by atoms with van der Waals surface area (Å²) in [5.74, 6) is 0.189. The summed E-state index contributed by atoms with van der Waals surface area (Å²) in [6.45, 7) is 0.899. The SMILES string of the molecule is O=C(c1nc2ccccc2o1)C1CCCN1. The normalized spacial score (nSPS) is 20.4. The van der Waals surface area contributed by atoms with E-state index in [4.69, 9.17) is 4.42 Å². The molecule has 0 spiro atoms. The molecule has 1 unspecified atom stereocenters. The number of benzene rings is 1. The molecule has 4 nitrogen and oxygen atoms in total. The zero-order chi connectivity index (χ0) is 11.0. The minimum Gasteiger partial charge on any atom is -0.434 e. The summed E-state index contributed by atoms with van der Waals surface area (Å²) in [6, 6.07) is 7.30. The lowest BCUT2D eigenvalue weighted by Gasteiger charge is -2.04. The first-order valence-electron chi connectivity index (χ1n) is 5.48. The maximum absolute atomic E-state index is 12.0. The van der Waals surface area contributed by atoms with Gasteiger partial charge in [0, 0.05) is 0 Å². The lowest BCUT2D eigenvalue weighted by atomic mass is 10.1. The van der Waals surface area contributed by atoms with E-state index >= 15 is 0 Å². The van der Waals surface area contributed by atoms with Gasteiger partial charge in [-0.25, -0.2) is 4.98 Å². The van der Waals surface area contributed by atoms with Crippen LogP contribution in [0.4, 0.5) is 0 Å². The van der Waals surface area contributed by atoms with Crippen LogP contribution in [0.3, 0.4) is 0 Å². The van der Waals surface area contributed by atoms with Crippen molar-refractivity contribution in [1.82, 2.24) is 10.3 Å². The van der Waals surface area contributed by atoms with Gasteiger partial charge in [-0.3, -0.25) is 4.79 Å². The minimum absolute atomic E-state index is 0.0336. The Kier molecular flexibility index (Phi) is 2.22. The number of rotatable bonds is 2. The van der Waals surface area contributed by atoms with Crippen molar-refractivity contribution in [2.75, 3.05) is 6.54 Å². The van der Waals surface area contributed by atoms with Crippen molar-refractivity contribution in [3.63, 3.8) is 0 Å². The van der Waals surface area contributed by atoms with Crippen LogP contribution in [-0.2, 0) is 0 Å². The van der Waals surface area contributed by atoms with Crippen molar-refractivity contribution in [2.24, 2.45) is 0 Å². The van der Waals surface area contributed by atoms with Crippen molar-refractivity contribution in [3.8, 4) is 0 Å². The number of aromatic nitrogens is 1. The van der Waals surface area contributed by atoms with Gasteiger partial charge in [0.25, 0.3) is 5.89 Å². The molecular formula is C12H12N2O2. The zero-order valence-electron chi connectivity index (χ0n) is 8.77. The molecule has 0 bridgehead atoms. The number of oxazole rings is 1. The Morgan fingerprint density at radius 2 is 2.31 bits per heavy atom. The summed E-state index contributed by atoms with van der Waals surface area (Å²) in [5, 5.41) is 3.15. The van der Waals surface area contributed by atoms with Gasteiger partial charge in [0.15, 0.2) is 5.58 Å². The fraction of sp³-hybridized carbons (Fsp3) is 0.333. The van der Waals surface area contributed by atoms with Crippen molar-refractivity contribution in [2.45, 2.75) is 18.9 Å². The maximum Gasteiger partial charge on any atom is 0.265 e. The molecular weight excluding hydrogens is 204 g/mol. The van der Waals surface area contributed by atoms with Crippen LogP contribution < -0.4 is 5.32 Å². The summed E-state index contributed by atoms with van der Waals surface area (Å²) >= 11 is 0. The molecule has 2 aromatic rings. The fourth-order valence-corrected chi connectivity index (χ4v) is 2.03. The molecule has 0 amide bonds. The Balaban J connectivity index is 1.96. The first-order chi connectivity index (χ1) is 7.84. The second-order valence-corrected chi connectivity index (χ2v) is 4.00. The summed E-state index contributed by atoms with van der Waals surface area (Å²) in [4.78, 5) is 16.2. The molecule has 1 aliphatic heterocycles. The number of hydrogen-bond donors (Lipinski definition) is 1. The molecule has 0 radical (unpaired) electrons. The van der Waals surface area contributed by atoms with E-state index in [-0.39, 0.29) is 17.7 Å². The molecule has 4 heteroatoms. The highest BCUT2D eigenvalue weighted by molar-refractivity contribution is 5.98. The molecule has 16 heavy (non-hydrogen) atoms. The van der Waals surface area contributed by atoms with Crippen LogP contribution in [0.5, 0.6) is 0 Å². The van der Waals surface area contributed by atoms with Gasteiger partial charge in [0.1, 0.15) is 5.52 Å². The Hall–Kier alpha value is -1.68. The average Bonchev–Trinajstić information content (AvgIpc) is 2.97. The van der Waals surface area contributed by atoms with Crippen LogP contribution in [0.1, 0.15) is 23.5 Å². The molecule has 82 valence electrons. The van der Waals surface area contributed by atoms with Gasteiger partial charge in [0.05, 0.1) is 6.04 Å². The quantitative estimate of drug-likeness (QED) is 0.777. The van der Waals surface area contributed by atoms with Crippen LogP contribution >= 0.6 is 0 Å². The van der Waals surface area contributed by atoms with E-state index in [9.17, 15) is 4.79 Å². The van der Waals surface area contributed by atoms with Gasteiger partial charge in [-0.05, 0) is 31.5 Å². The van der Waals surface area contributed by atoms with E-state index in [0.29, 0.717) is 5.58 Å². The number of hydrogen-bond acceptors (Lipinski definition) is 4. The third-order valence-corrected chi connectivity index (χ3v) is 2.88. The van der Waals surface area contributed by atoms with Gasteiger partial charge in [0.2, 0.25) is 5.78 Å². The van der Waals surface area contributed by atoms with Gasteiger partial charge < -0.3 is 9.73 Å². The largest absolute Gasteiger partial charge is 0.434 e. The number of nitrogens with zero attached hydrogens (tertiary/aromatic N) is 1. The molecule has 1 fully saturated rings. The fourth-order valence-electron chi connectivity index (χ4n) is 2.03. The topological polar surface area (TPSA) is 55.1 Å². The van der Waals surface area contributed by atoms with Crippen LogP contribution in [-0.4, -0.2) is 23.4 Å². The van der Waals surface area contributed by atoms with Crippen molar-refractivity contribution < 1.29 is 9.21 Å². The second-order valence-electron chi connectivity index (χ2n) is 4.00. The number of nitrogens with one attached hydrogen (secondary N) is 1. The Bertz CT molecular complexity index is 494. The van der Waals surface area contributed by atoms with Gasteiger partial charge in [-0.15, -0.1) is 0 Å². The van der Waals surface area contributed by atoms with Crippen LogP contribution in [0.15, 0.2) is 28.7 Å². The van der Waals surface area contributed by atoms with Crippen molar-refractivity contribution >= 4 is 16.9 Å². The van der Waals surface area contributed by atoms with Crippen molar-refractivity contribution in [3.05, 3.63) is 30.2 Å². The third-order valence-electron chi connectivity index (χ3n) is 2.88. The molecule has 1 aromatic carbocycles. The zero-order valence-corrected chi connectivity index (χ0v) is 8.77. The summed E-state index contributed by atoms with van der Waals surface area (Å²) in [7, 11) is 0. The molecule has 3 rings (SSSR count). The molecule has 0 saturated carbocycles. The highest BCUT2D eigenvalue weighted by Crippen LogP contribution is 2.18. The van der Waals surface area contributed by atoms with Crippen LogP contribution in [0.2, 0.25) is 0 Å². The highest BCUT2D eigenvalue weighted by Gasteiger charge is 2.27. The summed E-state index contributed by atoms with van der Waals surface area (Å²) in [6.07, 6.45) is 1.91. The van der Waals surface area contributed by atoms with Crippen LogP contribution in [0, 0.1) is 0 Å². The summed E-state index contributed by atoms with van der Waals surface area (Å²) in [5.41, 5.74) is 1.41. The Labute approximate surface area is 92.7 Å². The minimum atomic E-state index is -0.118. The Morgan fingerprint density at radius 1 is 1.44 bits per heavy atom. The van der Waals surface area contributed by atoms with Crippen molar-refractivity contribution in [1.29, 1.82) is 0 Å². The number of Topliss-reactive ketones (excluding diaryl/α,β-unsaturated/α-hetero) is 1. The second kappa shape index (κ2) is 3.72. The monoisotopic (exact) mass is 216 g/mol. The van der Waals surface area contributed by atoms with E-state index in [0.717, 1.165) is 24.9 Å². The molecule has 1 atom stereocenters. The van der Waals surface area contributed by atoms with E-state index in [1.54, 1.807) is 0 Å². The number of ketones is 1. The smallest absolute Gasteiger partial charge is 0.265 e. The number of fused-ring (bicyclic) bond motifs is 1. The number of para-hydroxylation sites is 2. The predicted molar refractivity (Wildman–Crippen MR) is 59.4 cm³/mol. The Morgan fingerprint density at radius 3 is 3.06 bits per heavy atom. The van der Waals surface area contributed by atoms with Crippen LogP contribution in [0.25, 0.3) is 11.1 Å². The summed E-state index contributed by atoms with van der Waals surface area (Å²) < 4.78 is 5.44. The third kappa shape index (κ3) is 1.51. The molecule has 1 aromatic heterocycles. The maximum atomic E-state index is 12.0. The van der Waals surface area contributed by atoms with E-state index in [1.807, 2.05) is 24.3 Å². The van der Waals surface area contributed by atoms with Gasteiger partial charge in [-0.1, -0.05) is 12.1 Å². The molecule has 1 N–H and O–H groups in total. The van der Waals surface area contributed by atoms with E-state index < -0.39 is 0 Å². The number of carbonyl (C=O) groups excluding carboxylic acids is 1. The molecule has 1 saturated heterocycles. The first-order valence-corrected chi connectivity index (χ1v) is 5.48. The number of carbonyl (C=O) groups is 1. The molecule has 2 heterocycles. The standard InChI is InChI=1S/C12H12N2O2/c15-11(9-5-3-7-13-9)12-14-8-4-1-2-6-10(8)16-12/h1-2,4,6,9,13H,3,5,7H2. The highest BCUT2D eigenvalue weighted by atomic mass is 16.4. The average molecular weight is 216 g/mol. The predicted octanol–water partition coefficient (Wildman–Crippen LogP) is 1.76. The molecule has 1 aliphatic rings. The van der Waals surface area contributed by atoms with Gasteiger partial charge >= 0.3 is 0 Å². The lowest BCUT2D eigenvalue weighted by Crippen LogP contribution is -2.30. The van der Waals surface area contributed by atoms with E-state index in [2.05, 4.69) is 10.3 Å². The lowest BCUT2D eigenvalue weighted by molar-refractivity contribution is 0.0920. The van der Waals surface area contributed by atoms with E-state index in [1.165, 1.54) is 0 Å². The first kappa shape index (κ1) is 9.54.